The Bertz CT molecular complexity index is 510. The van der Waals surface area contributed by atoms with E-state index in [4.69, 9.17) is 5.11 Å². The van der Waals surface area contributed by atoms with Gasteiger partial charge in [-0.2, -0.15) is 0 Å². The zero-order chi connectivity index (χ0) is 13.8. The molecule has 0 spiro atoms. The van der Waals surface area contributed by atoms with Crippen molar-refractivity contribution in [1.82, 2.24) is 10.2 Å². The number of hydrogen-bond donors (Lipinski definition) is 2. The fraction of sp³-hybridized carbons (Fsp3) is 0.308. The predicted octanol–water partition coefficient (Wildman–Crippen LogP) is 0.347. The van der Waals surface area contributed by atoms with Gasteiger partial charge in [0.05, 0.1) is 5.56 Å². The SMILES string of the molecule is O=C1CCN(C(=O)c2ccc(C(=O)O)cc2)CCN1. The van der Waals surface area contributed by atoms with Crippen molar-refractivity contribution < 1.29 is 19.5 Å². The maximum absolute atomic E-state index is 12.2. The fourth-order valence-electron chi connectivity index (χ4n) is 1.91. The van der Waals surface area contributed by atoms with Gasteiger partial charge in [-0.1, -0.05) is 0 Å². The summed E-state index contributed by atoms with van der Waals surface area (Å²) >= 11 is 0. The number of nitrogens with zero attached hydrogens (tertiary/aromatic N) is 1. The molecule has 2 amide bonds. The number of amides is 2. The summed E-state index contributed by atoms with van der Waals surface area (Å²) in [6, 6.07) is 5.78. The van der Waals surface area contributed by atoms with Gasteiger partial charge in [-0.3, -0.25) is 9.59 Å². The molecule has 0 aromatic heterocycles. The summed E-state index contributed by atoms with van der Waals surface area (Å²) in [6.45, 7) is 1.29. The molecule has 1 saturated heterocycles. The van der Waals surface area contributed by atoms with E-state index in [1.165, 1.54) is 24.3 Å². The lowest BCUT2D eigenvalue weighted by atomic mass is 10.1. The van der Waals surface area contributed by atoms with Crippen LogP contribution in [0.4, 0.5) is 0 Å². The third-order valence-corrected chi connectivity index (χ3v) is 2.98. The molecule has 0 unspecified atom stereocenters. The minimum absolute atomic E-state index is 0.0588. The van der Waals surface area contributed by atoms with Crippen LogP contribution in [0.1, 0.15) is 27.1 Å². The Morgan fingerprint density at radius 3 is 2.37 bits per heavy atom. The van der Waals surface area contributed by atoms with E-state index in [2.05, 4.69) is 5.32 Å². The molecule has 1 aromatic carbocycles. The maximum atomic E-state index is 12.2. The zero-order valence-electron chi connectivity index (χ0n) is 10.3. The van der Waals surface area contributed by atoms with Crippen molar-refractivity contribution in [2.45, 2.75) is 6.42 Å². The van der Waals surface area contributed by atoms with Crippen LogP contribution < -0.4 is 5.32 Å². The van der Waals surface area contributed by atoms with Gasteiger partial charge in [-0.05, 0) is 24.3 Å². The zero-order valence-corrected chi connectivity index (χ0v) is 10.3. The van der Waals surface area contributed by atoms with Crippen LogP contribution in [0.2, 0.25) is 0 Å². The van der Waals surface area contributed by atoms with Gasteiger partial charge in [-0.25, -0.2) is 4.79 Å². The quantitative estimate of drug-likeness (QED) is 0.805. The summed E-state index contributed by atoms with van der Waals surface area (Å²) in [6.07, 6.45) is 0.291. The van der Waals surface area contributed by atoms with Gasteiger partial charge in [0.2, 0.25) is 5.91 Å². The molecule has 6 heteroatoms. The Kier molecular flexibility index (Phi) is 3.79. The molecule has 2 N–H and O–H groups in total. The summed E-state index contributed by atoms with van der Waals surface area (Å²) in [5, 5.41) is 11.5. The average molecular weight is 262 g/mol. The number of rotatable bonds is 2. The Morgan fingerprint density at radius 1 is 1.11 bits per heavy atom. The molecular formula is C13H14N2O4. The Morgan fingerprint density at radius 2 is 1.74 bits per heavy atom. The third kappa shape index (κ3) is 3.09. The highest BCUT2D eigenvalue weighted by Crippen LogP contribution is 2.09. The molecule has 0 atom stereocenters. The minimum atomic E-state index is -1.02. The first-order valence-electron chi connectivity index (χ1n) is 5.97. The molecule has 2 rings (SSSR count). The van der Waals surface area contributed by atoms with Crippen LogP contribution in [0, 0.1) is 0 Å². The number of carbonyl (C=O) groups is 3. The summed E-state index contributed by atoms with van der Waals surface area (Å²) in [5.74, 6) is -1.27. The van der Waals surface area contributed by atoms with Crippen molar-refractivity contribution in [2.75, 3.05) is 19.6 Å². The Balaban J connectivity index is 2.10. The summed E-state index contributed by atoms with van der Waals surface area (Å²) in [7, 11) is 0. The lowest BCUT2D eigenvalue weighted by Crippen LogP contribution is -2.34. The number of nitrogens with one attached hydrogen (secondary N) is 1. The minimum Gasteiger partial charge on any atom is -0.478 e. The predicted molar refractivity (Wildman–Crippen MR) is 66.9 cm³/mol. The highest BCUT2D eigenvalue weighted by atomic mass is 16.4. The lowest BCUT2D eigenvalue weighted by molar-refractivity contribution is -0.120. The van der Waals surface area contributed by atoms with E-state index in [0.717, 1.165) is 0 Å². The van der Waals surface area contributed by atoms with Crippen LogP contribution in [0.3, 0.4) is 0 Å². The molecule has 0 saturated carbocycles. The number of hydrogen-bond acceptors (Lipinski definition) is 3. The molecule has 1 fully saturated rings. The molecule has 100 valence electrons. The summed E-state index contributed by atoms with van der Waals surface area (Å²) in [5.41, 5.74) is 0.573. The molecule has 6 nitrogen and oxygen atoms in total. The second kappa shape index (κ2) is 5.51. The highest BCUT2D eigenvalue weighted by Gasteiger charge is 2.19. The normalized spacial score (nSPS) is 15.6. The van der Waals surface area contributed by atoms with Gasteiger partial charge in [0.25, 0.3) is 5.91 Å². The van der Waals surface area contributed by atoms with Crippen molar-refractivity contribution in [3.05, 3.63) is 35.4 Å². The monoisotopic (exact) mass is 262 g/mol. The topological polar surface area (TPSA) is 86.7 Å². The molecule has 0 bridgehead atoms. The second-order valence-corrected chi connectivity index (χ2v) is 4.27. The van der Waals surface area contributed by atoms with Crippen LogP contribution in [-0.4, -0.2) is 47.4 Å². The molecule has 1 aromatic rings. The first-order chi connectivity index (χ1) is 9.08. The smallest absolute Gasteiger partial charge is 0.335 e. The van der Waals surface area contributed by atoms with E-state index >= 15 is 0 Å². The lowest BCUT2D eigenvalue weighted by Gasteiger charge is -2.19. The van der Waals surface area contributed by atoms with Crippen LogP contribution in [0.5, 0.6) is 0 Å². The Labute approximate surface area is 110 Å². The highest BCUT2D eigenvalue weighted by molar-refractivity contribution is 5.96. The summed E-state index contributed by atoms with van der Waals surface area (Å²) < 4.78 is 0. The van der Waals surface area contributed by atoms with E-state index in [1.54, 1.807) is 4.90 Å². The molecule has 1 aliphatic rings. The van der Waals surface area contributed by atoms with Crippen molar-refractivity contribution in [3.8, 4) is 0 Å². The first-order valence-corrected chi connectivity index (χ1v) is 5.97. The second-order valence-electron chi connectivity index (χ2n) is 4.27. The van der Waals surface area contributed by atoms with Crippen LogP contribution in [-0.2, 0) is 4.79 Å². The number of aromatic carboxylic acids is 1. The van der Waals surface area contributed by atoms with Gasteiger partial charge < -0.3 is 15.3 Å². The summed E-state index contributed by atoms with van der Waals surface area (Å²) in [4.78, 5) is 35.7. The molecule has 0 aliphatic carbocycles. The van der Waals surface area contributed by atoms with Crippen molar-refractivity contribution in [3.63, 3.8) is 0 Å². The number of carbonyl (C=O) groups excluding carboxylic acids is 2. The van der Waals surface area contributed by atoms with Gasteiger partial charge in [0.15, 0.2) is 0 Å². The first kappa shape index (κ1) is 13.1. The van der Waals surface area contributed by atoms with Gasteiger partial charge in [0, 0.05) is 31.6 Å². The van der Waals surface area contributed by atoms with Gasteiger partial charge >= 0.3 is 5.97 Å². The molecular weight excluding hydrogens is 248 g/mol. The van der Waals surface area contributed by atoms with Gasteiger partial charge in [0.1, 0.15) is 0 Å². The molecule has 19 heavy (non-hydrogen) atoms. The van der Waals surface area contributed by atoms with E-state index in [0.29, 0.717) is 31.6 Å². The molecule has 0 radical (unpaired) electrons. The van der Waals surface area contributed by atoms with Crippen molar-refractivity contribution in [2.24, 2.45) is 0 Å². The number of carboxylic acid groups (broad SMARTS) is 1. The van der Waals surface area contributed by atoms with Crippen molar-refractivity contribution in [1.29, 1.82) is 0 Å². The largest absolute Gasteiger partial charge is 0.478 e. The number of carboxylic acids is 1. The average Bonchev–Trinajstić information content (AvgIpc) is 2.63. The Hall–Kier alpha value is -2.37. The molecule has 1 aliphatic heterocycles. The van der Waals surface area contributed by atoms with E-state index in [-0.39, 0.29) is 17.4 Å². The number of benzene rings is 1. The standard InChI is InChI=1S/C13H14N2O4/c16-11-5-7-15(8-6-14-11)12(17)9-1-3-10(4-2-9)13(18)19/h1-4H,5-8H2,(H,14,16)(H,18,19). The van der Waals surface area contributed by atoms with Crippen LogP contribution in [0.15, 0.2) is 24.3 Å². The van der Waals surface area contributed by atoms with E-state index in [1.807, 2.05) is 0 Å². The van der Waals surface area contributed by atoms with Gasteiger partial charge in [-0.15, -0.1) is 0 Å². The van der Waals surface area contributed by atoms with E-state index in [9.17, 15) is 14.4 Å². The van der Waals surface area contributed by atoms with Crippen LogP contribution >= 0.6 is 0 Å². The maximum Gasteiger partial charge on any atom is 0.335 e. The molecule has 1 heterocycles. The van der Waals surface area contributed by atoms with Crippen molar-refractivity contribution >= 4 is 17.8 Å². The third-order valence-electron chi connectivity index (χ3n) is 2.98. The van der Waals surface area contributed by atoms with Crippen LogP contribution in [0.25, 0.3) is 0 Å². The van der Waals surface area contributed by atoms with E-state index < -0.39 is 5.97 Å². The fourth-order valence-corrected chi connectivity index (χ4v) is 1.91.